The van der Waals surface area contributed by atoms with E-state index in [0.717, 1.165) is 18.4 Å². The van der Waals surface area contributed by atoms with Crippen LogP contribution in [0.1, 0.15) is 31.2 Å². The van der Waals surface area contributed by atoms with Gasteiger partial charge >= 0.3 is 5.97 Å². The molecule has 1 aliphatic carbocycles. The molecule has 0 aromatic heterocycles. The molecule has 1 amide bonds. The highest BCUT2D eigenvalue weighted by molar-refractivity contribution is 5.80. The third-order valence-corrected chi connectivity index (χ3v) is 4.01. The Morgan fingerprint density at radius 3 is 2.50 bits per heavy atom. The monoisotopic (exact) mass is 275 g/mol. The van der Waals surface area contributed by atoms with Crippen LogP contribution in [0.15, 0.2) is 30.3 Å². The molecule has 0 spiro atoms. The fraction of sp³-hybridized carbons (Fsp3) is 0.500. The van der Waals surface area contributed by atoms with Gasteiger partial charge in [-0.1, -0.05) is 36.8 Å². The molecular formula is C16H21NO3. The number of aliphatic carboxylic acids is 1. The summed E-state index contributed by atoms with van der Waals surface area (Å²) in [5.74, 6) is -1.20. The Bertz CT molecular complexity index is 472. The lowest BCUT2D eigenvalue weighted by Gasteiger charge is -2.29. The first-order valence-electron chi connectivity index (χ1n) is 7.09. The Hall–Kier alpha value is -1.84. The Morgan fingerprint density at radius 1 is 1.20 bits per heavy atom. The fourth-order valence-corrected chi connectivity index (χ4v) is 2.89. The van der Waals surface area contributed by atoms with E-state index < -0.39 is 5.97 Å². The van der Waals surface area contributed by atoms with E-state index in [0.29, 0.717) is 19.4 Å². The highest BCUT2D eigenvalue weighted by Crippen LogP contribution is 2.30. The van der Waals surface area contributed by atoms with E-state index >= 15 is 0 Å². The van der Waals surface area contributed by atoms with Gasteiger partial charge in [-0.15, -0.1) is 0 Å². The lowest BCUT2D eigenvalue weighted by molar-refractivity contribution is -0.145. The summed E-state index contributed by atoms with van der Waals surface area (Å²) in [6.45, 7) is 0.577. The van der Waals surface area contributed by atoms with Gasteiger partial charge < -0.3 is 10.0 Å². The van der Waals surface area contributed by atoms with Crippen molar-refractivity contribution in [1.82, 2.24) is 4.90 Å². The molecule has 1 N–H and O–H groups in total. The molecule has 0 heterocycles. The predicted octanol–water partition coefficient (Wildman–Crippen LogP) is 2.54. The first-order valence-corrected chi connectivity index (χ1v) is 7.09. The van der Waals surface area contributed by atoms with Crippen LogP contribution in [0, 0.1) is 11.8 Å². The molecule has 1 aliphatic rings. The summed E-state index contributed by atoms with van der Waals surface area (Å²) in [5, 5.41) is 9.09. The standard InChI is InChI=1S/C16H21NO3/c1-17(11-12-6-3-2-4-7-12)15(18)13-8-5-9-14(10-13)16(19)20/h2-4,6-7,13-14H,5,8-11H2,1H3,(H,19,20)/t13-,14+/m0/s1. The van der Waals surface area contributed by atoms with Crippen LogP contribution in [0.3, 0.4) is 0 Å². The highest BCUT2D eigenvalue weighted by Gasteiger charge is 2.32. The van der Waals surface area contributed by atoms with Gasteiger partial charge in [-0.25, -0.2) is 0 Å². The smallest absolute Gasteiger partial charge is 0.306 e. The zero-order valence-electron chi connectivity index (χ0n) is 11.8. The summed E-state index contributed by atoms with van der Waals surface area (Å²) in [7, 11) is 1.79. The van der Waals surface area contributed by atoms with Crippen molar-refractivity contribution in [3.8, 4) is 0 Å². The van der Waals surface area contributed by atoms with Gasteiger partial charge in [0.25, 0.3) is 0 Å². The van der Waals surface area contributed by atoms with Crippen LogP contribution in [-0.4, -0.2) is 28.9 Å². The van der Waals surface area contributed by atoms with Crippen LogP contribution in [0.5, 0.6) is 0 Å². The molecule has 4 nitrogen and oxygen atoms in total. The summed E-state index contributed by atoms with van der Waals surface area (Å²) in [4.78, 5) is 25.2. The average Bonchev–Trinajstić information content (AvgIpc) is 2.47. The maximum Gasteiger partial charge on any atom is 0.306 e. The molecule has 1 aromatic rings. The maximum atomic E-state index is 12.4. The van der Waals surface area contributed by atoms with Gasteiger partial charge in [0.1, 0.15) is 0 Å². The van der Waals surface area contributed by atoms with Crippen molar-refractivity contribution in [2.45, 2.75) is 32.2 Å². The molecule has 0 saturated heterocycles. The molecule has 1 saturated carbocycles. The Balaban J connectivity index is 1.94. The number of hydrogen-bond donors (Lipinski definition) is 1. The molecule has 1 aromatic carbocycles. The van der Waals surface area contributed by atoms with Gasteiger partial charge in [0.2, 0.25) is 5.91 Å². The number of hydrogen-bond acceptors (Lipinski definition) is 2. The number of nitrogens with zero attached hydrogens (tertiary/aromatic N) is 1. The number of carboxylic acids is 1. The lowest BCUT2D eigenvalue weighted by atomic mass is 9.81. The van der Waals surface area contributed by atoms with Gasteiger partial charge in [0.15, 0.2) is 0 Å². The van der Waals surface area contributed by atoms with Gasteiger partial charge in [0, 0.05) is 19.5 Å². The van der Waals surface area contributed by atoms with E-state index in [1.165, 1.54) is 0 Å². The SMILES string of the molecule is CN(Cc1ccccc1)C(=O)[C@H]1CCC[C@@H](C(=O)O)C1. The molecule has 20 heavy (non-hydrogen) atoms. The molecule has 2 atom stereocenters. The fourth-order valence-electron chi connectivity index (χ4n) is 2.89. The van der Waals surface area contributed by atoms with E-state index in [-0.39, 0.29) is 17.7 Å². The molecule has 108 valence electrons. The van der Waals surface area contributed by atoms with E-state index in [9.17, 15) is 9.59 Å². The summed E-state index contributed by atoms with van der Waals surface area (Å²) in [5.41, 5.74) is 1.09. The summed E-state index contributed by atoms with van der Waals surface area (Å²) in [6, 6.07) is 9.84. The number of carbonyl (C=O) groups excluding carboxylic acids is 1. The van der Waals surface area contributed by atoms with Crippen LogP contribution in [0.2, 0.25) is 0 Å². The van der Waals surface area contributed by atoms with Gasteiger partial charge in [-0.05, 0) is 24.8 Å². The normalized spacial score (nSPS) is 22.2. The van der Waals surface area contributed by atoms with Crippen LogP contribution in [0.25, 0.3) is 0 Å². The van der Waals surface area contributed by atoms with Crippen molar-refractivity contribution < 1.29 is 14.7 Å². The Labute approximate surface area is 119 Å². The Morgan fingerprint density at radius 2 is 1.85 bits per heavy atom. The van der Waals surface area contributed by atoms with Gasteiger partial charge in [0.05, 0.1) is 5.92 Å². The quantitative estimate of drug-likeness (QED) is 0.918. The molecular weight excluding hydrogens is 254 g/mol. The van der Waals surface area contributed by atoms with Crippen molar-refractivity contribution in [3.05, 3.63) is 35.9 Å². The van der Waals surface area contributed by atoms with Crippen LogP contribution >= 0.6 is 0 Å². The minimum Gasteiger partial charge on any atom is -0.481 e. The average molecular weight is 275 g/mol. The predicted molar refractivity (Wildman–Crippen MR) is 76.0 cm³/mol. The van der Waals surface area contributed by atoms with Crippen molar-refractivity contribution in [3.63, 3.8) is 0 Å². The van der Waals surface area contributed by atoms with Crippen LogP contribution < -0.4 is 0 Å². The van der Waals surface area contributed by atoms with E-state index in [1.54, 1.807) is 11.9 Å². The van der Waals surface area contributed by atoms with Crippen molar-refractivity contribution in [2.75, 3.05) is 7.05 Å². The number of carboxylic acid groups (broad SMARTS) is 1. The molecule has 0 unspecified atom stereocenters. The number of rotatable bonds is 4. The number of carbonyl (C=O) groups is 2. The highest BCUT2D eigenvalue weighted by atomic mass is 16.4. The van der Waals surface area contributed by atoms with E-state index in [4.69, 9.17) is 5.11 Å². The van der Waals surface area contributed by atoms with Crippen molar-refractivity contribution >= 4 is 11.9 Å². The van der Waals surface area contributed by atoms with Crippen LogP contribution in [0.4, 0.5) is 0 Å². The second-order valence-corrected chi connectivity index (χ2v) is 5.58. The first-order chi connectivity index (χ1) is 9.58. The third-order valence-electron chi connectivity index (χ3n) is 4.01. The molecule has 0 radical (unpaired) electrons. The van der Waals surface area contributed by atoms with E-state index in [2.05, 4.69) is 0 Å². The summed E-state index contributed by atoms with van der Waals surface area (Å²) < 4.78 is 0. The number of benzene rings is 1. The largest absolute Gasteiger partial charge is 0.481 e. The zero-order valence-corrected chi connectivity index (χ0v) is 11.8. The lowest BCUT2D eigenvalue weighted by Crippen LogP contribution is -2.36. The third kappa shape index (κ3) is 3.59. The summed E-state index contributed by atoms with van der Waals surface area (Å²) in [6.07, 6.45) is 2.81. The van der Waals surface area contributed by atoms with Gasteiger partial charge in [-0.3, -0.25) is 9.59 Å². The minimum absolute atomic E-state index is 0.0693. The van der Waals surface area contributed by atoms with Crippen molar-refractivity contribution in [2.24, 2.45) is 11.8 Å². The summed E-state index contributed by atoms with van der Waals surface area (Å²) >= 11 is 0. The maximum absolute atomic E-state index is 12.4. The van der Waals surface area contributed by atoms with E-state index in [1.807, 2.05) is 30.3 Å². The molecule has 2 rings (SSSR count). The zero-order chi connectivity index (χ0) is 14.5. The topological polar surface area (TPSA) is 57.6 Å². The minimum atomic E-state index is -0.770. The molecule has 1 fully saturated rings. The molecule has 4 heteroatoms. The van der Waals surface area contributed by atoms with Gasteiger partial charge in [-0.2, -0.15) is 0 Å². The Kier molecular flexibility index (Phi) is 4.77. The number of amides is 1. The molecule has 0 bridgehead atoms. The van der Waals surface area contributed by atoms with Crippen molar-refractivity contribution in [1.29, 1.82) is 0 Å². The van der Waals surface area contributed by atoms with Crippen LogP contribution in [-0.2, 0) is 16.1 Å². The second-order valence-electron chi connectivity index (χ2n) is 5.58. The molecule has 0 aliphatic heterocycles. The second kappa shape index (κ2) is 6.55. The first kappa shape index (κ1) is 14.6.